The summed E-state index contributed by atoms with van der Waals surface area (Å²) in [6.07, 6.45) is 5.82. The fourth-order valence-electron chi connectivity index (χ4n) is 4.85. The molecule has 0 spiro atoms. The molecule has 0 saturated carbocycles. The van der Waals surface area contributed by atoms with Crippen molar-refractivity contribution in [1.82, 2.24) is 9.97 Å². The highest BCUT2D eigenvalue weighted by molar-refractivity contribution is 6.99. The maximum atomic E-state index is 6.93. The largest absolute Gasteiger partial charge is 0.405 e. The van der Waals surface area contributed by atoms with E-state index in [-0.39, 0.29) is 11.1 Å². The van der Waals surface area contributed by atoms with Crippen LogP contribution in [-0.4, -0.2) is 50.7 Å². The van der Waals surface area contributed by atoms with Crippen LogP contribution in [0.4, 0.5) is 5.95 Å². The Morgan fingerprint density at radius 3 is 1.88 bits per heavy atom. The SMILES string of the molecule is CC(C)(C)[Si](OCCOC1CCN(c2ncccn2)CC1)(c1ccccc1)c1ccccc1. The minimum Gasteiger partial charge on any atom is -0.405 e. The zero-order valence-electron chi connectivity index (χ0n) is 20.0. The number of nitrogens with zero attached hydrogens (tertiary/aromatic N) is 3. The van der Waals surface area contributed by atoms with Gasteiger partial charge >= 0.3 is 0 Å². The molecule has 0 radical (unpaired) electrons. The van der Waals surface area contributed by atoms with Crippen molar-refractivity contribution >= 4 is 24.6 Å². The van der Waals surface area contributed by atoms with Gasteiger partial charge in [-0.15, -0.1) is 0 Å². The Bertz CT molecular complexity index is 933. The van der Waals surface area contributed by atoms with E-state index in [0.717, 1.165) is 31.9 Å². The summed E-state index contributed by atoms with van der Waals surface area (Å²) in [5.74, 6) is 0.811. The fraction of sp³-hybridized carbons (Fsp3) is 0.407. The van der Waals surface area contributed by atoms with E-state index in [9.17, 15) is 0 Å². The molecule has 33 heavy (non-hydrogen) atoms. The third kappa shape index (κ3) is 5.35. The van der Waals surface area contributed by atoms with Gasteiger partial charge in [0, 0.05) is 25.5 Å². The summed E-state index contributed by atoms with van der Waals surface area (Å²) < 4.78 is 13.2. The third-order valence-corrected chi connectivity index (χ3v) is 11.5. The van der Waals surface area contributed by atoms with Crippen LogP contribution in [0.1, 0.15) is 33.6 Å². The number of ether oxygens (including phenoxy) is 1. The van der Waals surface area contributed by atoms with E-state index in [1.54, 1.807) is 12.4 Å². The first-order chi connectivity index (χ1) is 16.0. The van der Waals surface area contributed by atoms with Crippen LogP contribution in [0.3, 0.4) is 0 Å². The molecule has 0 bridgehead atoms. The monoisotopic (exact) mass is 461 g/mol. The molecule has 2 heterocycles. The van der Waals surface area contributed by atoms with E-state index in [4.69, 9.17) is 9.16 Å². The predicted octanol–water partition coefficient (Wildman–Crippen LogP) is 4.04. The molecule has 1 saturated heterocycles. The molecule has 1 aliphatic rings. The molecular weight excluding hydrogens is 426 g/mol. The number of anilines is 1. The van der Waals surface area contributed by atoms with E-state index in [1.165, 1.54) is 10.4 Å². The molecule has 174 valence electrons. The molecule has 1 aliphatic heterocycles. The molecule has 0 N–H and O–H groups in total. The fourth-order valence-corrected chi connectivity index (χ4v) is 9.39. The standard InChI is InChI=1S/C27H35N3O2Si/c1-27(2,3)33(24-11-6-4-7-12-24,25-13-8-5-9-14-25)32-22-21-31-23-15-19-30(20-16-23)26-28-17-10-18-29-26/h4-14,17-18,23H,15-16,19-22H2,1-3H3. The maximum absolute atomic E-state index is 6.93. The average molecular weight is 462 g/mol. The zero-order valence-corrected chi connectivity index (χ0v) is 21.0. The van der Waals surface area contributed by atoms with Crippen LogP contribution in [0.25, 0.3) is 0 Å². The Hall–Kier alpha value is -2.54. The summed E-state index contributed by atoms with van der Waals surface area (Å²) in [4.78, 5) is 11.0. The van der Waals surface area contributed by atoms with Gasteiger partial charge in [0.15, 0.2) is 0 Å². The van der Waals surface area contributed by atoms with Crippen molar-refractivity contribution in [3.8, 4) is 0 Å². The Morgan fingerprint density at radius 2 is 1.36 bits per heavy atom. The van der Waals surface area contributed by atoms with Gasteiger partial charge in [-0.05, 0) is 34.3 Å². The van der Waals surface area contributed by atoms with Gasteiger partial charge in [0.1, 0.15) is 0 Å². The Labute approximate surface area is 198 Å². The van der Waals surface area contributed by atoms with Crippen LogP contribution in [0, 0.1) is 0 Å². The van der Waals surface area contributed by atoms with Crippen molar-refractivity contribution in [2.24, 2.45) is 0 Å². The van der Waals surface area contributed by atoms with E-state index >= 15 is 0 Å². The second-order valence-corrected chi connectivity index (χ2v) is 13.9. The lowest BCUT2D eigenvalue weighted by atomic mass is 10.1. The van der Waals surface area contributed by atoms with Crippen molar-refractivity contribution in [2.75, 3.05) is 31.2 Å². The molecule has 3 aromatic rings. The summed E-state index contributed by atoms with van der Waals surface area (Å²) in [7, 11) is -2.50. The van der Waals surface area contributed by atoms with Crippen LogP contribution >= 0.6 is 0 Å². The molecule has 0 unspecified atom stereocenters. The van der Waals surface area contributed by atoms with Gasteiger partial charge in [-0.2, -0.15) is 0 Å². The third-order valence-electron chi connectivity index (χ3n) is 6.45. The average Bonchev–Trinajstić information content (AvgIpc) is 2.85. The Balaban J connectivity index is 1.40. The lowest BCUT2D eigenvalue weighted by Crippen LogP contribution is -2.66. The van der Waals surface area contributed by atoms with Crippen LogP contribution in [0.5, 0.6) is 0 Å². The molecule has 2 aromatic carbocycles. The zero-order chi connectivity index (χ0) is 23.2. The predicted molar refractivity (Wildman–Crippen MR) is 137 cm³/mol. The first kappa shape index (κ1) is 23.6. The van der Waals surface area contributed by atoms with Crippen molar-refractivity contribution in [1.29, 1.82) is 0 Å². The molecule has 1 fully saturated rings. The smallest absolute Gasteiger partial charge is 0.261 e. The highest BCUT2D eigenvalue weighted by Gasteiger charge is 2.50. The van der Waals surface area contributed by atoms with E-state index in [1.807, 2.05) is 6.07 Å². The van der Waals surface area contributed by atoms with Gasteiger partial charge in [-0.3, -0.25) is 0 Å². The molecule has 1 aromatic heterocycles. The van der Waals surface area contributed by atoms with Gasteiger partial charge in [-0.1, -0.05) is 81.4 Å². The molecule has 5 nitrogen and oxygen atoms in total. The number of piperidine rings is 1. The highest BCUT2D eigenvalue weighted by atomic mass is 28.4. The summed E-state index contributed by atoms with van der Waals surface area (Å²) in [5, 5.41) is 2.59. The van der Waals surface area contributed by atoms with Crippen molar-refractivity contribution in [3.63, 3.8) is 0 Å². The van der Waals surface area contributed by atoms with Crippen LogP contribution in [0.15, 0.2) is 79.1 Å². The van der Waals surface area contributed by atoms with Gasteiger partial charge in [0.25, 0.3) is 8.32 Å². The number of aromatic nitrogens is 2. The molecular formula is C27H35N3O2Si. The molecule has 0 atom stereocenters. The second-order valence-electron chi connectivity index (χ2n) is 9.62. The second kappa shape index (κ2) is 10.6. The van der Waals surface area contributed by atoms with Crippen LogP contribution < -0.4 is 15.3 Å². The minimum absolute atomic E-state index is 0.0171. The van der Waals surface area contributed by atoms with Gasteiger partial charge in [0.05, 0.1) is 19.3 Å². The lowest BCUT2D eigenvalue weighted by Gasteiger charge is -2.43. The van der Waals surface area contributed by atoms with Crippen molar-refractivity contribution in [3.05, 3.63) is 79.1 Å². The number of hydrogen-bond donors (Lipinski definition) is 0. The van der Waals surface area contributed by atoms with Crippen LogP contribution in [0.2, 0.25) is 5.04 Å². The van der Waals surface area contributed by atoms with Gasteiger partial charge < -0.3 is 14.1 Å². The van der Waals surface area contributed by atoms with E-state index < -0.39 is 8.32 Å². The van der Waals surface area contributed by atoms with E-state index in [0.29, 0.717) is 13.2 Å². The first-order valence-electron chi connectivity index (χ1n) is 11.9. The molecule has 4 rings (SSSR count). The minimum atomic E-state index is -2.50. The van der Waals surface area contributed by atoms with Crippen LogP contribution in [-0.2, 0) is 9.16 Å². The number of hydrogen-bond acceptors (Lipinski definition) is 5. The first-order valence-corrected chi connectivity index (χ1v) is 13.8. The normalized spacial score (nSPS) is 15.5. The molecule has 6 heteroatoms. The number of rotatable bonds is 8. The topological polar surface area (TPSA) is 47.5 Å². The lowest BCUT2D eigenvalue weighted by molar-refractivity contribution is 0.0185. The van der Waals surface area contributed by atoms with Crippen molar-refractivity contribution < 1.29 is 9.16 Å². The highest BCUT2D eigenvalue weighted by Crippen LogP contribution is 2.36. The Kier molecular flexibility index (Phi) is 7.58. The van der Waals surface area contributed by atoms with Gasteiger partial charge in [0.2, 0.25) is 5.95 Å². The Morgan fingerprint density at radius 1 is 0.818 bits per heavy atom. The molecule has 0 aliphatic carbocycles. The quantitative estimate of drug-likeness (QED) is 0.374. The summed E-state index contributed by atoms with van der Waals surface area (Å²) in [5.41, 5.74) is 0. The molecule has 0 amide bonds. The van der Waals surface area contributed by atoms with Crippen molar-refractivity contribution in [2.45, 2.75) is 44.8 Å². The number of benzene rings is 2. The summed E-state index contributed by atoms with van der Waals surface area (Å²) in [6, 6.07) is 23.4. The summed E-state index contributed by atoms with van der Waals surface area (Å²) in [6.45, 7) is 9.96. The van der Waals surface area contributed by atoms with E-state index in [2.05, 4.69) is 96.3 Å². The maximum Gasteiger partial charge on any atom is 0.261 e. The summed E-state index contributed by atoms with van der Waals surface area (Å²) >= 11 is 0. The van der Waals surface area contributed by atoms with Gasteiger partial charge in [-0.25, -0.2) is 9.97 Å².